The Morgan fingerprint density at radius 3 is 1.74 bits per heavy atom. The van der Waals surface area contributed by atoms with Crippen LogP contribution >= 0.6 is 0 Å². The fraction of sp³-hybridized carbons (Fsp3) is 0.786. The largest absolute Gasteiger partial charge is 0.433 e. The van der Waals surface area contributed by atoms with E-state index in [-0.39, 0.29) is 17.7 Å². The zero-order valence-corrected chi connectivity index (χ0v) is 12.7. The lowest BCUT2D eigenvalue weighted by Gasteiger charge is -2.24. The number of imidazole rings is 1. The molecular formula is C14H23F3N2. The molecule has 1 aromatic heterocycles. The van der Waals surface area contributed by atoms with Crippen molar-refractivity contribution >= 4 is 0 Å². The van der Waals surface area contributed by atoms with Gasteiger partial charge in [-0.1, -0.05) is 34.6 Å². The normalized spacial score (nSPS) is 13.7. The first-order valence-electron chi connectivity index (χ1n) is 6.57. The van der Waals surface area contributed by atoms with Crippen molar-refractivity contribution in [3.05, 3.63) is 17.2 Å². The van der Waals surface area contributed by atoms with Crippen molar-refractivity contribution < 1.29 is 13.2 Å². The number of hydrogen-bond donors (Lipinski definition) is 0. The summed E-state index contributed by atoms with van der Waals surface area (Å²) in [6.07, 6.45) is -4.37. The van der Waals surface area contributed by atoms with Crippen molar-refractivity contribution in [3.63, 3.8) is 0 Å². The van der Waals surface area contributed by atoms with Crippen LogP contribution in [0.3, 0.4) is 0 Å². The van der Waals surface area contributed by atoms with Crippen LogP contribution in [0.15, 0.2) is 0 Å². The predicted molar refractivity (Wildman–Crippen MR) is 70.4 cm³/mol. The molecule has 19 heavy (non-hydrogen) atoms. The zero-order valence-electron chi connectivity index (χ0n) is 12.7. The topological polar surface area (TPSA) is 17.8 Å². The molecule has 0 fully saturated rings. The van der Waals surface area contributed by atoms with E-state index in [9.17, 15) is 13.2 Å². The predicted octanol–water partition coefficient (Wildman–Crippen LogP) is 4.90. The van der Waals surface area contributed by atoms with Crippen LogP contribution in [0.5, 0.6) is 0 Å². The molecule has 0 aliphatic carbocycles. The highest BCUT2D eigenvalue weighted by atomic mass is 19.4. The van der Waals surface area contributed by atoms with Gasteiger partial charge in [-0.2, -0.15) is 13.2 Å². The van der Waals surface area contributed by atoms with Gasteiger partial charge in [-0.25, -0.2) is 4.98 Å². The third-order valence-corrected chi connectivity index (χ3v) is 2.94. The molecule has 1 heterocycles. The van der Waals surface area contributed by atoms with Crippen LogP contribution in [0, 0.1) is 0 Å². The Balaban J connectivity index is 3.71. The van der Waals surface area contributed by atoms with E-state index in [1.807, 2.05) is 20.8 Å². The molecule has 0 aromatic carbocycles. The van der Waals surface area contributed by atoms with E-state index >= 15 is 0 Å². The summed E-state index contributed by atoms with van der Waals surface area (Å²) in [5.74, 6) is 0.247. The molecule has 0 amide bonds. The number of nitrogens with zero attached hydrogens (tertiary/aromatic N) is 2. The first-order valence-corrected chi connectivity index (χ1v) is 6.57. The molecule has 1 aromatic rings. The van der Waals surface area contributed by atoms with Gasteiger partial charge in [0.25, 0.3) is 0 Å². The Kier molecular flexibility index (Phi) is 4.09. The quantitative estimate of drug-likeness (QED) is 0.751. The Bertz CT molecular complexity index is 448. The van der Waals surface area contributed by atoms with Gasteiger partial charge in [-0.05, 0) is 19.8 Å². The van der Waals surface area contributed by atoms with Gasteiger partial charge >= 0.3 is 6.18 Å². The van der Waals surface area contributed by atoms with E-state index in [0.717, 1.165) is 0 Å². The maximum absolute atomic E-state index is 13.4. The van der Waals surface area contributed by atoms with Gasteiger partial charge in [0.1, 0.15) is 11.5 Å². The van der Waals surface area contributed by atoms with Gasteiger partial charge in [0.05, 0.1) is 5.69 Å². The Labute approximate surface area is 113 Å². The first kappa shape index (κ1) is 16.1. The van der Waals surface area contributed by atoms with Gasteiger partial charge in [-0.15, -0.1) is 0 Å². The number of alkyl halides is 3. The lowest BCUT2D eigenvalue weighted by Crippen LogP contribution is -2.24. The van der Waals surface area contributed by atoms with Gasteiger partial charge in [0.15, 0.2) is 0 Å². The third-order valence-electron chi connectivity index (χ3n) is 2.94. The number of rotatable bonds is 2. The van der Waals surface area contributed by atoms with Crippen molar-refractivity contribution in [2.45, 2.75) is 72.0 Å². The summed E-state index contributed by atoms with van der Waals surface area (Å²) in [5.41, 5.74) is -0.870. The lowest BCUT2D eigenvalue weighted by molar-refractivity contribution is -0.145. The second kappa shape index (κ2) is 4.84. The molecule has 0 aliphatic heterocycles. The van der Waals surface area contributed by atoms with Crippen molar-refractivity contribution in [2.24, 2.45) is 0 Å². The van der Waals surface area contributed by atoms with Crippen LogP contribution in [0.2, 0.25) is 0 Å². The molecule has 0 bridgehead atoms. The fourth-order valence-electron chi connectivity index (χ4n) is 2.17. The van der Waals surface area contributed by atoms with E-state index in [1.165, 1.54) is 4.57 Å². The highest BCUT2D eigenvalue weighted by Gasteiger charge is 2.42. The van der Waals surface area contributed by atoms with Crippen molar-refractivity contribution in [2.75, 3.05) is 0 Å². The van der Waals surface area contributed by atoms with Crippen LogP contribution in [-0.2, 0) is 11.6 Å². The van der Waals surface area contributed by atoms with Crippen molar-refractivity contribution in [1.82, 2.24) is 9.55 Å². The van der Waals surface area contributed by atoms with Crippen molar-refractivity contribution in [3.8, 4) is 0 Å². The summed E-state index contributed by atoms with van der Waals surface area (Å²) >= 11 is 0. The molecule has 1 rings (SSSR count). The van der Waals surface area contributed by atoms with Gasteiger partial charge in [-0.3, -0.25) is 0 Å². The second-order valence-electron chi connectivity index (χ2n) is 6.54. The monoisotopic (exact) mass is 276 g/mol. The minimum absolute atomic E-state index is 0.145. The van der Waals surface area contributed by atoms with E-state index in [0.29, 0.717) is 5.82 Å². The zero-order chi connectivity index (χ0) is 15.2. The van der Waals surface area contributed by atoms with E-state index in [4.69, 9.17) is 0 Å². The molecule has 0 atom stereocenters. The average Bonchev–Trinajstić information content (AvgIpc) is 2.55. The van der Waals surface area contributed by atoms with Gasteiger partial charge < -0.3 is 4.57 Å². The number of aromatic nitrogens is 2. The molecule has 0 saturated heterocycles. The standard InChI is InChI=1S/C14H23F3N2/c1-8(2)10-11(14(15,16)17)19(9(3)4)12(18-10)13(5,6)7/h8-9H,1-7H3. The molecule has 0 saturated carbocycles. The molecule has 2 nitrogen and oxygen atoms in total. The molecule has 0 N–H and O–H groups in total. The van der Waals surface area contributed by atoms with Crippen LogP contribution in [0.4, 0.5) is 13.2 Å². The van der Waals surface area contributed by atoms with Gasteiger partial charge in [0, 0.05) is 11.5 Å². The molecule has 0 aliphatic rings. The first-order chi connectivity index (χ1) is 8.37. The Hall–Kier alpha value is -1.00. The Morgan fingerprint density at radius 2 is 1.47 bits per heavy atom. The van der Waals surface area contributed by atoms with Crippen molar-refractivity contribution in [1.29, 1.82) is 0 Å². The second-order valence-corrected chi connectivity index (χ2v) is 6.54. The molecular weight excluding hydrogens is 253 g/mol. The summed E-state index contributed by atoms with van der Waals surface area (Å²) in [5, 5.41) is 0. The van der Waals surface area contributed by atoms with E-state index in [1.54, 1.807) is 27.7 Å². The van der Waals surface area contributed by atoms with Crippen LogP contribution in [0.25, 0.3) is 0 Å². The summed E-state index contributed by atoms with van der Waals surface area (Å²) in [6, 6.07) is -0.272. The Morgan fingerprint density at radius 1 is 1.00 bits per heavy atom. The maximum Gasteiger partial charge on any atom is 0.433 e. The third kappa shape index (κ3) is 3.12. The minimum Gasteiger partial charge on any atom is -0.321 e. The summed E-state index contributed by atoms with van der Waals surface area (Å²) in [6.45, 7) is 12.7. The number of hydrogen-bond acceptors (Lipinski definition) is 1. The van der Waals surface area contributed by atoms with E-state index < -0.39 is 17.3 Å². The molecule has 0 spiro atoms. The average molecular weight is 276 g/mol. The maximum atomic E-state index is 13.4. The molecule has 110 valence electrons. The molecule has 0 unspecified atom stereocenters. The summed E-state index contributed by atoms with van der Waals surface area (Å²) in [4.78, 5) is 4.31. The number of halogens is 3. The highest BCUT2D eigenvalue weighted by molar-refractivity contribution is 5.27. The fourth-order valence-corrected chi connectivity index (χ4v) is 2.17. The molecule has 0 radical (unpaired) electrons. The van der Waals surface area contributed by atoms with Crippen LogP contribution in [0.1, 0.15) is 77.6 Å². The van der Waals surface area contributed by atoms with E-state index in [2.05, 4.69) is 4.98 Å². The smallest absolute Gasteiger partial charge is 0.321 e. The van der Waals surface area contributed by atoms with Crippen LogP contribution in [-0.4, -0.2) is 9.55 Å². The van der Waals surface area contributed by atoms with Gasteiger partial charge in [0.2, 0.25) is 0 Å². The minimum atomic E-state index is -4.37. The molecule has 5 heteroatoms. The highest BCUT2D eigenvalue weighted by Crippen LogP contribution is 2.39. The SMILES string of the molecule is CC(C)c1nc(C(C)(C)C)n(C(C)C)c1C(F)(F)F. The lowest BCUT2D eigenvalue weighted by atomic mass is 9.95. The summed E-state index contributed by atoms with van der Waals surface area (Å²) in [7, 11) is 0. The summed E-state index contributed by atoms with van der Waals surface area (Å²) < 4.78 is 41.5. The van der Waals surface area contributed by atoms with Crippen LogP contribution < -0.4 is 0 Å².